The predicted octanol–water partition coefficient (Wildman–Crippen LogP) is 2.69. The summed E-state index contributed by atoms with van der Waals surface area (Å²) in [5.41, 5.74) is 0.627. The van der Waals surface area contributed by atoms with E-state index in [2.05, 4.69) is 35.4 Å². The fraction of sp³-hybridized carbons (Fsp3) is 0.588. The van der Waals surface area contributed by atoms with Crippen LogP contribution in [0.5, 0.6) is 0 Å². The van der Waals surface area contributed by atoms with Gasteiger partial charge in [0.25, 0.3) is 5.92 Å². The Morgan fingerprint density at radius 2 is 2.00 bits per heavy atom. The summed E-state index contributed by atoms with van der Waals surface area (Å²) < 4.78 is 32.7. The quantitative estimate of drug-likeness (QED) is 0.698. The lowest BCUT2D eigenvalue weighted by Crippen LogP contribution is -2.29. The fourth-order valence-electron chi connectivity index (χ4n) is 3.11. The number of aromatic amines is 1. The zero-order valence-electron chi connectivity index (χ0n) is 16.2. The number of alkyl halides is 2. The number of nitrogens with one attached hydrogen (secondary N) is 2. The molecule has 4 heterocycles. The topological polar surface area (TPSA) is 109 Å². The summed E-state index contributed by atoms with van der Waals surface area (Å²) in [6.07, 6.45) is 0.0810. The van der Waals surface area contributed by atoms with Crippen LogP contribution in [0, 0.1) is 6.92 Å². The molecule has 0 amide bonds. The van der Waals surface area contributed by atoms with Gasteiger partial charge in [0, 0.05) is 18.5 Å². The largest absolute Gasteiger partial charge is 0.350 e. The number of rotatable bonds is 4. The minimum atomic E-state index is -2.74. The second kappa shape index (κ2) is 6.35. The Balaban J connectivity index is 1.75. The monoisotopic (exact) mass is 392 g/mol. The number of aromatic nitrogens is 6. The van der Waals surface area contributed by atoms with Crippen LogP contribution < -0.4 is 10.2 Å². The van der Waals surface area contributed by atoms with Gasteiger partial charge in [-0.25, -0.2) is 13.8 Å². The van der Waals surface area contributed by atoms with Crippen molar-refractivity contribution in [2.24, 2.45) is 0 Å². The number of fused-ring (bicyclic) bond motifs is 1. The first-order chi connectivity index (χ1) is 13.1. The van der Waals surface area contributed by atoms with E-state index in [4.69, 9.17) is 4.52 Å². The van der Waals surface area contributed by atoms with Crippen LogP contribution in [0.15, 0.2) is 4.52 Å². The Morgan fingerprint density at radius 3 is 2.61 bits per heavy atom. The van der Waals surface area contributed by atoms with Gasteiger partial charge in [0.05, 0.1) is 13.0 Å². The molecule has 150 valence electrons. The van der Waals surface area contributed by atoms with E-state index < -0.39 is 5.92 Å². The van der Waals surface area contributed by atoms with Crippen molar-refractivity contribution in [3.8, 4) is 0 Å². The normalized spacial score (nSPS) is 16.9. The lowest BCUT2D eigenvalue weighted by molar-refractivity contribution is 0.0257. The van der Waals surface area contributed by atoms with E-state index in [0.29, 0.717) is 40.5 Å². The van der Waals surface area contributed by atoms with Crippen LogP contribution in [0.4, 0.5) is 20.5 Å². The molecule has 0 radical (unpaired) electrons. The molecule has 9 nitrogen and oxygen atoms in total. The predicted molar refractivity (Wildman–Crippen MR) is 98.7 cm³/mol. The van der Waals surface area contributed by atoms with Crippen molar-refractivity contribution >= 4 is 22.9 Å². The number of anilines is 2. The van der Waals surface area contributed by atoms with Crippen molar-refractivity contribution < 1.29 is 13.3 Å². The van der Waals surface area contributed by atoms with Crippen LogP contribution in [0.25, 0.3) is 11.2 Å². The van der Waals surface area contributed by atoms with Gasteiger partial charge in [-0.05, 0) is 27.7 Å². The summed E-state index contributed by atoms with van der Waals surface area (Å²) in [6.45, 7) is 7.47. The molecule has 0 saturated carbocycles. The molecule has 1 aliphatic rings. The molecule has 0 bridgehead atoms. The molecule has 1 fully saturated rings. The first-order valence-electron chi connectivity index (χ1n) is 9.05. The van der Waals surface area contributed by atoms with E-state index in [1.807, 2.05) is 20.8 Å². The van der Waals surface area contributed by atoms with E-state index in [-0.39, 0.29) is 31.5 Å². The number of aryl methyl sites for hydroxylation is 1. The molecule has 0 spiro atoms. The van der Waals surface area contributed by atoms with Gasteiger partial charge in [-0.3, -0.25) is 0 Å². The van der Waals surface area contributed by atoms with Gasteiger partial charge in [0.15, 0.2) is 17.3 Å². The van der Waals surface area contributed by atoms with Crippen LogP contribution in [0.1, 0.15) is 44.7 Å². The van der Waals surface area contributed by atoms with Crippen LogP contribution in [0.2, 0.25) is 0 Å². The third-order valence-electron chi connectivity index (χ3n) is 4.23. The number of hydrogen-bond donors (Lipinski definition) is 2. The average molecular weight is 392 g/mol. The maximum Gasteiger partial charge on any atom is 0.266 e. The van der Waals surface area contributed by atoms with Gasteiger partial charge >= 0.3 is 0 Å². The van der Waals surface area contributed by atoms with Crippen LogP contribution in [-0.4, -0.2) is 54.6 Å². The molecule has 0 aromatic carbocycles. The average Bonchev–Trinajstić information content (AvgIpc) is 3.24. The molecule has 0 aliphatic carbocycles. The number of imidazole rings is 1. The van der Waals surface area contributed by atoms with E-state index in [9.17, 15) is 8.78 Å². The van der Waals surface area contributed by atoms with Gasteiger partial charge in [-0.2, -0.15) is 15.0 Å². The number of halogens is 2. The van der Waals surface area contributed by atoms with Crippen molar-refractivity contribution in [3.05, 3.63) is 17.5 Å². The van der Waals surface area contributed by atoms with Crippen molar-refractivity contribution in [2.75, 3.05) is 23.3 Å². The number of H-pyrrole nitrogens is 1. The minimum absolute atomic E-state index is 0.206. The highest BCUT2D eigenvalue weighted by Crippen LogP contribution is 2.33. The van der Waals surface area contributed by atoms with E-state index >= 15 is 0 Å². The molecule has 0 unspecified atom stereocenters. The molecular weight excluding hydrogens is 370 g/mol. The highest BCUT2D eigenvalue weighted by molar-refractivity contribution is 5.85. The summed E-state index contributed by atoms with van der Waals surface area (Å²) in [6, 6.07) is 0. The Kier molecular flexibility index (Phi) is 4.20. The van der Waals surface area contributed by atoms with Crippen molar-refractivity contribution in [1.29, 1.82) is 0 Å². The molecule has 3 aromatic rings. The summed E-state index contributed by atoms with van der Waals surface area (Å²) in [7, 11) is 0. The van der Waals surface area contributed by atoms with Gasteiger partial charge in [-0.15, -0.1) is 0 Å². The van der Waals surface area contributed by atoms with E-state index in [0.717, 1.165) is 0 Å². The van der Waals surface area contributed by atoms with Crippen LogP contribution in [0.3, 0.4) is 0 Å². The molecule has 1 saturated heterocycles. The highest BCUT2D eigenvalue weighted by atomic mass is 19.3. The summed E-state index contributed by atoms with van der Waals surface area (Å²) in [5.74, 6) is -0.493. The van der Waals surface area contributed by atoms with Crippen LogP contribution in [-0.2, 0) is 6.42 Å². The maximum absolute atomic E-state index is 13.8. The number of hydrogen-bond acceptors (Lipinski definition) is 8. The Bertz CT molecular complexity index is 1010. The van der Waals surface area contributed by atoms with Crippen LogP contribution >= 0.6 is 0 Å². The van der Waals surface area contributed by atoms with Gasteiger partial charge in [0.2, 0.25) is 11.8 Å². The second-order valence-electron chi connectivity index (χ2n) is 8.07. The zero-order chi connectivity index (χ0) is 20.1. The Hall–Kier alpha value is -2.85. The molecule has 0 atom stereocenters. The maximum atomic E-state index is 13.8. The van der Waals surface area contributed by atoms with E-state index in [1.165, 1.54) is 0 Å². The molecule has 11 heteroatoms. The Morgan fingerprint density at radius 1 is 1.21 bits per heavy atom. The molecule has 2 N–H and O–H groups in total. The van der Waals surface area contributed by atoms with Gasteiger partial charge < -0.3 is 19.7 Å². The van der Waals surface area contributed by atoms with E-state index in [1.54, 1.807) is 11.8 Å². The number of nitrogens with zero attached hydrogens (tertiary/aromatic N) is 6. The summed E-state index contributed by atoms with van der Waals surface area (Å²) in [5, 5.41) is 6.95. The zero-order valence-corrected chi connectivity index (χ0v) is 16.2. The van der Waals surface area contributed by atoms with Crippen molar-refractivity contribution in [2.45, 2.75) is 52.0 Å². The first kappa shape index (κ1) is 18.5. The second-order valence-corrected chi connectivity index (χ2v) is 8.07. The Labute approximate surface area is 160 Å². The standard InChI is InChI=1S/C17H22F2N8O/c1-9-20-11(28-26-9)7-10-21-12-13(22-10)23-15(25-16(2,3)4)24-14(12)27-6-5-17(18,19)8-27/h5-8H2,1-4H3,(H2,21,22,23,24,25). The molecule has 3 aromatic heterocycles. The summed E-state index contributed by atoms with van der Waals surface area (Å²) >= 11 is 0. The smallest absolute Gasteiger partial charge is 0.266 e. The molecular formula is C17H22F2N8O. The third kappa shape index (κ3) is 3.87. The van der Waals surface area contributed by atoms with Crippen molar-refractivity contribution in [3.63, 3.8) is 0 Å². The molecule has 28 heavy (non-hydrogen) atoms. The third-order valence-corrected chi connectivity index (χ3v) is 4.23. The minimum Gasteiger partial charge on any atom is -0.350 e. The summed E-state index contributed by atoms with van der Waals surface area (Å²) in [4.78, 5) is 22.3. The lowest BCUT2D eigenvalue weighted by atomic mass is 10.1. The lowest BCUT2D eigenvalue weighted by Gasteiger charge is -2.22. The molecule has 1 aliphatic heterocycles. The van der Waals surface area contributed by atoms with Gasteiger partial charge in [0.1, 0.15) is 11.3 Å². The SMILES string of the molecule is Cc1noc(Cc2nc3nc(NC(C)(C)C)nc(N4CCC(F)(F)C4)c3[nH]2)n1. The fourth-order valence-corrected chi connectivity index (χ4v) is 3.11. The van der Waals surface area contributed by atoms with Crippen molar-refractivity contribution in [1.82, 2.24) is 30.1 Å². The molecule has 4 rings (SSSR count). The highest BCUT2D eigenvalue weighted by Gasteiger charge is 2.40. The first-order valence-corrected chi connectivity index (χ1v) is 9.05. The van der Waals surface area contributed by atoms with Gasteiger partial charge in [-0.1, -0.05) is 5.16 Å².